The number of halogens is 1. The van der Waals surface area contributed by atoms with Crippen LogP contribution in [0.1, 0.15) is 20.7 Å². The monoisotopic (exact) mass is 282 g/mol. The first-order chi connectivity index (χ1) is 8.58. The topological polar surface area (TPSA) is 79.3 Å². The SMILES string of the molecule is O=C(Nc1sccc1C(=O)O)c1ccnc(Cl)c1. The van der Waals surface area contributed by atoms with Gasteiger partial charge in [0.25, 0.3) is 5.91 Å². The maximum Gasteiger partial charge on any atom is 0.338 e. The molecule has 0 spiro atoms. The predicted molar refractivity (Wildman–Crippen MR) is 68.5 cm³/mol. The molecule has 0 saturated carbocycles. The minimum atomic E-state index is -1.08. The molecule has 0 aliphatic carbocycles. The van der Waals surface area contributed by atoms with E-state index in [4.69, 9.17) is 16.7 Å². The van der Waals surface area contributed by atoms with Crippen LogP contribution in [0.5, 0.6) is 0 Å². The van der Waals surface area contributed by atoms with Gasteiger partial charge >= 0.3 is 5.97 Å². The Morgan fingerprint density at radius 1 is 1.39 bits per heavy atom. The molecule has 0 unspecified atom stereocenters. The Labute approximate surface area is 111 Å². The van der Waals surface area contributed by atoms with Crippen LogP contribution in [-0.2, 0) is 0 Å². The van der Waals surface area contributed by atoms with E-state index in [-0.39, 0.29) is 10.7 Å². The molecule has 2 rings (SSSR count). The minimum Gasteiger partial charge on any atom is -0.478 e. The van der Waals surface area contributed by atoms with Crippen molar-refractivity contribution in [3.8, 4) is 0 Å². The number of rotatable bonds is 3. The van der Waals surface area contributed by atoms with Crippen LogP contribution in [0.4, 0.5) is 5.00 Å². The van der Waals surface area contributed by atoms with Gasteiger partial charge in [-0.05, 0) is 23.6 Å². The van der Waals surface area contributed by atoms with E-state index in [0.29, 0.717) is 10.6 Å². The van der Waals surface area contributed by atoms with Gasteiger partial charge in [0, 0.05) is 11.8 Å². The van der Waals surface area contributed by atoms with Gasteiger partial charge in [-0.25, -0.2) is 9.78 Å². The minimum absolute atomic E-state index is 0.0634. The van der Waals surface area contributed by atoms with Gasteiger partial charge < -0.3 is 10.4 Å². The number of carboxylic acid groups (broad SMARTS) is 1. The number of amides is 1. The quantitative estimate of drug-likeness (QED) is 0.849. The van der Waals surface area contributed by atoms with Crippen molar-refractivity contribution in [3.63, 3.8) is 0 Å². The highest BCUT2D eigenvalue weighted by Crippen LogP contribution is 2.23. The third-order valence-corrected chi connectivity index (χ3v) is 3.15. The molecule has 2 heterocycles. The smallest absolute Gasteiger partial charge is 0.338 e. The van der Waals surface area contributed by atoms with Crippen LogP contribution in [0.15, 0.2) is 29.8 Å². The molecular weight excluding hydrogens is 276 g/mol. The average Bonchev–Trinajstić information content (AvgIpc) is 2.77. The second-order valence-electron chi connectivity index (χ2n) is 3.29. The van der Waals surface area contributed by atoms with E-state index in [1.54, 1.807) is 5.38 Å². The van der Waals surface area contributed by atoms with Gasteiger partial charge in [0.05, 0.1) is 5.56 Å². The first-order valence-corrected chi connectivity index (χ1v) is 6.07. The van der Waals surface area contributed by atoms with Gasteiger partial charge in [-0.3, -0.25) is 4.79 Å². The van der Waals surface area contributed by atoms with Gasteiger partial charge in [-0.1, -0.05) is 11.6 Å². The Balaban J connectivity index is 2.21. The fourth-order valence-corrected chi connectivity index (χ4v) is 2.24. The molecule has 2 N–H and O–H groups in total. The number of nitrogens with zero attached hydrogens (tertiary/aromatic N) is 1. The summed E-state index contributed by atoms with van der Waals surface area (Å²) >= 11 is 6.81. The zero-order valence-corrected chi connectivity index (χ0v) is 10.5. The van der Waals surface area contributed by atoms with Crippen LogP contribution < -0.4 is 5.32 Å². The van der Waals surface area contributed by atoms with Gasteiger partial charge in [0.2, 0.25) is 0 Å². The van der Waals surface area contributed by atoms with E-state index >= 15 is 0 Å². The summed E-state index contributed by atoms with van der Waals surface area (Å²) in [4.78, 5) is 26.5. The molecule has 2 aromatic rings. The Morgan fingerprint density at radius 2 is 2.17 bits per heavy atom. The van der Waals surface area contributed by atoms with Gasteiger partial charge in [0.15, 0.2) is 0 Å². The number of carboxylic acids is 1. The average molecular weight is 283 g/mol. The highest BCUT2D eigenvalue weighted by molar-refractivity contribution is 7.14. The number of hydrogen-bond acceptors (Lipinski definition) is 4. The van der Waals surface area contributed by atoms with Crippen molar-refractivity contribution in [2.75, 3.05) is 5.32 Å². The Bertz CT molecular complexity index is 612. The third kappa shape index (κ3) is 2.66. The summed E-state index contributed by atoms with van der Waals surface area (Å²) in [6.07, 6.45) is 1.41. The lowest BCUT2D eigenvalue weighted by atomic mass is 10.2. The van der Waals surface area contributed by atoms with Crippen molar-refractivity contribution in [1.29, 1.82) is 0 Å². The molecule has 0 atom stereocenters. The van der Waals surface area contributed by atoms with Crippen molar-refractivity contribution in [3.05, 3.63) is 46.1 Å². The molecule has 7 heteroatoms. The summed E-state index contributed by atoms with van der Waals surface area (Å²) < 4.78 is 0. The number of carbonyl (C=O) groups excluding carboxylic acids is 1. The van der Waals surface area contributed by atoms with E-state index in [1.165, 1.54) is 24.4 Å². The number of nitrogens with one attached hydrogen (secondary N) is 1. The maximum absolute atomic E-state index is 11.9. The molecule has 5 nitrogen and oxygen atoms in total. The van der Waals surface area contributed by atoms with Crippen LogP contribution in [0.25, 0.3) is 0 Å². The molecule has 0 bridgehead atoms. The van der Waals surface area contributed by atoms with Crippen molar-refractivity contribution >= 4 is 39.8 Å². The lowest BCUT2D eigenvalue weighted by molar-refractivity contribution is 0.0698. The first kappa shape index (κ1) is 12.5. The first-order valence-electron chi connectivity index (χ1n) is 4.81. The second kappa shape index (κ2) is 5.16. The summed E-state index contributed by atoms with van der Waals surface area (Å²) in [5.74, 6) is -1.51. The largest absolute Gasteiger partial charge is 0.478 e. The van der Waals surface area contributed by atoms with Crippen molar-refractivity contribution < 1.29 is 14.7 Å². The van der Waals surface area contributed by atoms with Crippen LogP contribution in [0, 0.1) is 0 Å². The number of hydrogen-bond donors (Lipinski definition) is 2. The molecule has 1 amide bonds. The van der Waals surface area contributed by atoms with Crippen molar-refractivity contribution in [1.82, 2.24) is 4.98 Å². The van der Waals surface area contributed by atoms with E-state index in [1.807, 2.05) is 0 Å². The summed E-state index contributed by atoms with van der Waals surface area (Å²) in [6.45, 7) is 0. The van der Waals surface area contributed by atoms with Crippen LogP contribution in [-0.4, -0.2) is 22.0 Å². The number of aromatic carboxylic acids is 1. The standard InChI is InChI=1S/C11H7ClN2O3S/c12-8-5-6(1-3-13-8)9(15)14-10-7(11(16)17)2-4-18-10/h1-5H,(H,14,15)(H,16,17). The van der Waals surface area contributed by atoms with Crippen LogP contribution >= 0.6 is 22.9 Å². The number of thiophene rings is 1. The van der Waals surface area contributed by atoms with Gasteiger partial charge in [-0.15, -0.1) is 11.3 Å². The van der Waals surface area contributed by atoms with Gasteiger partial charge in [0.1, 0.15) is 10.2 Å². The van der Waals surface area contributed by atoms with Crippen molar-refractivity contribution in [2.45, 2.75) is 0 Å². The number of carbonyl (C=O) groups is 2. The summed E-state index contributed by atoms with van der Waals surface area (Å²) in [7, 11) is 0. The highest BCUT2D eigenvalue weighted by Gasteiger charge is 2.15. The summed E-state index contributed by atoms with van der Waals surface area (Å²) in [6, 6.07) is 4.34. The summed E-state index contributed by atoms with van der Waals surface area (Å²) in [5, 5.41) is 13.5. The van der Waals surface area contributed by atoms with Crippen LogP contribution in [0.3, 0.4) is 0 Å². The zero-order chi connectivity index (χ0) is 13.1. The fraction of sp³-hybridized carbons (Fsp3) is 0. The van der Waals surface area contributed by atoms with E-state index in [9.17, 15) is 9.59 Å². The van der Waals surface area contributed by atoms with E-state index in [2.05, 4.69) is 10.3 Å². The Kier molecular flexibility index (Phi) is 3.59. The van der Waals surface area contributed by atoms with Crippen LogP contribution in [0.2, 0.25) is 5.15 Å². The maximum atomic E-state index is 11.9. The molecule has 0 aliphatic heterocycles. The fourth-order valence-electron chi connectivity index (χ4n) is 1.29. The second-order valence-corrected chi connectivity index (χ2v) is 4.59. The Morgan fingerprint density at radius 3 is 2.83 bits per heavy atom. The molecule has 0 aromatic carbocycles. The zero-order valence-electron chi connectivity index (χ0n) is 8.88. The highest BCUT2D eigenvalue weighted by atomic mass is 35.5. The lowest BCUT2D eigenvalue weighted by Crippen LogP contribution is -2.13. The lowest BCUT2D eigenvalue weighted by Gasteiger charge is -2.04. The summed E-state index contributed by atoms with van der Waals surface area (Å²) in [5.41, 5.74) is 0.383. The molecular formula is C11H7ClN2O3S. The third-order valence-electron chi connectivity index (χ3n) is 2.11. The molecule has 18 heavy (non-hydrogen) atoms. The molecule has 0 radical (unpaired) electrons. The molecule has 0 aliphatic rings. The normalized spacial score (nSPS) is 10.1. The molecule has 0 saturated heterocycles. The van der Waals surface area contributed by atoms with Crippen molar-refractivity contribution in [2.24, 2.45) is 0 Å². The molecule has 92 valence electrons. The number of pyridine rings is 1. The number of aromatic nitrogens is 1. The predicted octanol–water partition coefficient (Wildman–Crippen LogP) is 2.75. The van der Waals surface area contributed by atoms with Gasteiger partial charge in [-0.2, -0.15) is 0 Å². The Hall–Kier alpha value is -1.92. The van der Waals surface area contributed by atoms with E-state index in [0.717, 1.165) is 11.3 Å². The molecule has 2 aromatic heterocycles. The number of anilines is 1. The molecule has 0 fully saturated rings. The van der Waals surface area contributed by atoms with E-state index < -0.39 is 11.9 Å².